The fourth-order valence-electron chi connectivity index (χ4n) is 1.84. The largest absolute Gasteiger partial charge is 0.493 e. The van der Waals surface area contributed by atoms with Gasteiger partial charge in [-0.15, -0.1) is 0 Å². The molecule has 5 nitrogen and oxygen atoms in total. The number of thioether (sulfide) groups is 2. The van der Waals surface area contributed by atoms with Crippen molar-refractivity contribution in [2.24, 2.45) is 4.99 Å². The van der Waals surface area contributed by atoms with E-state index < -0.39 is 5.97 Å². The van der Waals surface area contributed by atoms with E-state index in [-0.39, 0.29) is 10.9 Å². The number of ether oxygens (including phenoxy) is 2. The lowest BCUT2D eigenvalue weighted by Crippen LogP contribution is -2.03. The van der Waals surface area contributed by atoms with Crippen LogP contribution in [0.2, 0.25) is 5.02 Å². The summed E-state index contributed by atoms with van der Waals surface area (Å²) >= 11 is 8.91. The predicted molar refractivity (Wildman–Crippen MR) is 100 cm³/mol. The van der Waals surface area contributed by atoms with Crippen molar-refractivity contribution in [3.05, 3.63) is 28.4 Å². The summed E-state index contributed by atoms with van der Waals surface area (Å²) in [7, 11) is 1.46. The molecule has 8 heteroatoms. The molecule has 0 atom stereocenters. The van der Waals surface area contributed by atoms with Crippen molar-refractivity contribution in [3.8, 4) is 11.5 Å². The first kappa shape index (κ1) is 18.9. The molecule has 0 aliphatic carbocycles. The molecule has 1 aromatic rings. The quantitative estimate of drug-likeness (QED) is 0.425. The van der Waals surface area contributed by atoms with Gasteiger partial charge in [-0.2, -0.15) is 0 Å². The van der Waals surface area contributed by atoms with Crippen LogP contribution in [0.4, 0.5) is 0 Å². The Morgan fingerprint density at radius 2 is 2.17 bits per heavy atom. The maximum atomic E-state index is 12.1. The minimum Gasteiger partial charge on any atom is -0.493 e. The van der Waals surface area contributed by atoms with Gasteiger partial charge in [0.25, 0.3) is 0 Å². The van der Waals surface area contributed by atoms with E-state index in [1.807, 2.05) is 0 Å². The number of nitrogens with zero attached hydrogens (tertiary/aromatic N) is 1. The molecule has 0 aromatic heterocycles. The fourth-order valence-corrected chi connectivity index (χ4v) is 3.82. The molecule has 0 fully saturated rings. The Bertz CT molecular complexity index is 731. The Morgan fingerprint density at radius 3 is 2.79 bits per heavy atom. The van der Waals surface area contributed by atoms with Crippen molar-refractivity contribution >= 4 is 56.7 Å². The second kappa shape index (κ2) is 8.60. The van der Waals surface area contributed by atoms with Crippen molar-refractivity contribution in [1.82, 2.24) is 0 Å². The monoisotopic (exact) mass is 385 g/mol. The zero-order valence-corrected chi connectivity index (χ0v) is 15.8. The highest BCUT2D eigenvalue weighted by molar-refractivity contribution is 8.45. The van der Waals surface area contributed by atoms with Crippen molar-refractivity contribution in [2.75, 3.05) is 12.9 Å². The molecule has 1 heterocycles. The third kappa shape index (κ3) is 4.78. The lowest BCUT2D eigenvalue weighted by Gasteiger charge is -2.10. The van der Waals surface area contributed by atoms with E-state index in [0.29, 0.717) is 22.0 Å². The second-order valence-electron chi connectivity index (χ2n) is 4.76. The first-order valence-electron chi connectivity index (χ1n) is 7.16. The lowest BCUT2D eigenvalue weighted by atomic mass is 10.1. The number of rotatable bonds is 5. The van der Waals surface area contributed by atoms with Crippen LogP contribution >= 0.6 is 35.1 Å². The summed E-state index contributed by atoms with van der Waals surface area (Å²) in [6.45, 7) is 3.37. The van der Waals surface area contributed by atoms with Crippen molar-refractivity contribution in [2.45, 2.75) is 20.3 Å². The maximum Gasteiger partial charge on any atom is 0.308 e. The number of esters is 1. The van der Waals surface area contributed by atoms with Crippen LogP contribution in [-0.4, -0.2) is 28.3 Å². The van der Waals surface area contributed by atoms with Gasteiger partial charge in [-0.05, 0) is 41.6 Å². The van der Waals surface area contributed by atoms with Crippen LogP contribution in [0.15, 0.2) is 22.8 Å². The molecule has 0 radical (unpaired) electrons. The molecule has 1 aliphatic rings. The van der Waals surface area contributed by atoms with E-state index >= 15 is 0 Å². The van der Waals surface area contributed by atoms with Crippen molar-refractivity contribution in [1.29, 1.82) is 0 Å². The number of methoxy groups -OCH3 is 1. The van der Waals surface area contributed by atoms with Crippen LogP contribution < -0.4 is 9.47 Å². The molecule has 0 spiro atoms. The Labute approximate surface area is 153 Å². The highest BCUT2D eigenvalue weighted by atomic mass is 35.5. The first-order valence-corrected chi connectivity index (χ1v) is 9.34. The van der Waals surface area contributed by atoms with Gasteiger partial charge in [-0.25, -0.2) is 4.99 Å². The molecule has 0 amide bonds. The molecule has 0 unspecified atom stereocenters. The minimum absolute atomic E-state index is 0.118. The number of carbonyl (C=O) groups excluding carboxylic acids is 2. The molecule has 0 saturated carbocycles. The number of benzene rings is 1. The summed E-state index contributed by atoms with van der Waals surface area (Å²) in [6.07, 6.45) is 2.62. The van der Waals surface area contributed by atoms with E-state index in [2.05, 4.69) is 11.9 Å². The van der Waals surface area contributed by atoms with Gasteiger partial charge in [0.15, 0.2) is 11.5 Å². The van der Waals surface area contributed by atoms with Crippen molar-refractivity contribution in [3.63, 3.8) is 0 Å². The Balaban J connectivity index is 2.33. The van der Waals surface area contributed by atoms with E-state index in [4.69, 9.17) is 21.1 Å². The average Bonchev–Trinajstić information content (AvgIpc) is 2.87. The molecular weight excluding hydrogens is 370 g/mol. The number of hydrogen-bond acceptors (Lipinski definition) is 7. The van der Waals surface area contributed by atoms with Crippen LogP contribution in [0.5, 0.6) is 11.5 Å². The summed E-state index contributed by atoms with van der Waals surface area (Å²) < 4.78 is 11.0. The second-order valence-corrected chi connectivity index (χ2v) is 7.47. The molecule has 0 bridgehead atoms. The summed E-state index contributed by atoms with van der Waals surface area (Å²) in [4.78, 5) is 27.5. The Morgan fingerprint density at radius 1 is 1.42 bits per heavy atom. The highest BCUT2D eigenvalue weighted by Crippen LogP contribution is 2.37. The maximum absolute atomic E-state index is 12.1. The third-order valence-electron chi connectivity index (χ3n) is 2.86. The van der Waals surface area contributed by atoms with Crippen LogP contribution in [0.1, 0.15) is 25.8 Å². The van der Waals surface area contributed by atoms with Gasteiger partial charge in [-0.1, -0.05) is 30.3 Å². The van der Waals surface area contributed by atoms with Crippen LogP contribution in [0, 0.1) is 0 Å². The number of aliphatic imine (C=N–C) groups is 1. The fraction of sp³-hybridized carbons (Fsp3) is 0.312. The van der Waals surface area contributed by atoms with Crippen LogP contribution in [0.3, 0.4) is 0 Å². The zero-order chi connectivity index (χ0) is 17.7. The Kier molecular flexibility index (Phi) is 6.77. The first-order chi connectivity index (χ1) is 11.4. The molecule has 0 saturated heterocycles. The van der Waals surface area contributed by atoms with Gasteiger partial charge in [0.1, 0.15) is 10.1 Å². The summed E-state index contributed by atoms with van der Waals surface area (Å²) in [5, 5.41) is 0.218. The van der Waals surface area contributed by atoms with Gasteiger partial charge >= 0.3 is 5.97 Å². The number of carbonyl (C=O) groups is 2. The standard InChI is InChI=1S/C16H16ClNO4S2/c1-4-5-23-16-18-12(15(20)24-16)6-10-7-13(21-3)14(8-11(10)17)22-9(2)19/h6-8H,4-5H2,1-3H3/b12-6+. The highest BCUT2D eigenvalue weighted by Gasteiger charge is 2.23. The van der Waals surface area contributed by atoms with Gasteiger partial charge < -0.3 is 9.47 Å². The Hall–Kier alpha value is -1.44. The zero-order valence-electron chi connectivity index (χ0n) is 13.4. The van der Waals surface area contributed by atoms with Crippen LogP contribution in [-0.2, 0) is 9.59 Å². The number of hydrogen-bond donors (Lipinski definition) is 0. The SMILES string of the molecule is CCCSC1=N/C(=C/c2cc(OC)c(OC(C)=O)cc2Cl)C(=O)S1. The average molecular weight is 386 g/mol. The topological polar surface area (TPSA) is 65.0 Å². The molecule has 1 aliphatic heterocycles. The molecule has 24 heavy (non-hydrogen) atoms. The normalized spacial score (nSPS) is 15.6. The number of halogens is 1. The molecule has 128 valence electrons. The van der Waals surface area contributed by atoms with Crippen LogP contribution in [0.25, 0.3) is 6.08 Å². The smallest absolute Gasteiger partial charge is 0.308 e. The van der Waals surface area contributed by atoms with E-state index in [1.165, 1.54) is 20.1 Å². The molecule has 2 rings (SSSR count). The molecule has 0 N–H and O–H groups in total. The molecule has 1 aromatic carbocycles. The third-order valence-corrected chi connectivity index (χ3v) is 5.40. The molecular formula is C16H16ClNO4S2. The van der Waals surface area contributed by atoms with Gasteiger partial charge in [0.2, 0.25) is 5.12 Å². The summed E-state index contributed by atoms with van der Waals surface area (Å²) in [5.74, 6) is 1.02. The predicted octanol–water partition coefficient (Wildman–Crippen LogP) is 4.39. The minimum atomic E-state index is -0.472. The van der Waals surface area contributed by atoms with Gasteiger partial charge in [0.05, 0.1) is 12.1 Å². The van der Waals surface area contributed by atoms with Crippen molar-refractivity contribution < 1.29 is 19.1 Å². The van der Waals surface area contributed by atoms with E-state index in [0.717, 1.165) is 28.3 Å². The van der Waals surface area contributed by atoms with Gasteiger partial charge in [0, 0.05) is 13.0 Å². The van der Waals surface area contributed by atoms with E-state index in [1.54, 1.807) is 23.9 Å². The summed E-state index contributed by atoms with van der Waals surface area (Å²) in [5.41, 5.74) is 0.904. The van der Waals surface area contributed by atoms with E-state index in [9.17, 15) is 9.59 Å². The summed E-state index contributed by atoms with van der Waals surface area (Å²) in [6, 6.07) is 3.09. The lowest BCUT2D eigenvalue weighted by molar-refractivity contribution is -0.132. The van der Waals surface area contributed by atoms with Gasteiger partial charge in [-0.3, -0.25) is 9.59 Å².